The van der Waals surface area contributed by atoms with Crippen LogP contribution in [0.1, 0.15) is 54.9 Å². The number of fused-ring (bicyclic) bond motifs is 5. The Morgan fingerprint density at radius 1 is 1.08 bits per heavy atom. The minimum atomic E-state index is -2.29. The fourth-order valence-electron chi connectivity index (χ4n) is 7.90. The summed E-state index contributed by atoms with van der Waals surface area (Å²) >= 11 is 7.01. The first-order valence-electron chi connectivity index (χ1n) is 12.4. The van der Waals surface area contributed by atoms with E-state index in [9.17, 15) is 34.5 Å². The van der Waals surface area contributed by atoms with Crippen molar-refractivity contribution in [3.05, 3.63) is 11.6 Å². The number of alkyl halides is 1. The molecule has 0 saturated heterocycles. The van der Waals surface area contributed by atoms with Crippen molar-refractivity contribution < 1.29 is 48.7 Å². The van der Waals surface area contributed by atoms with Crippen LogP contribution in [0.15, 0.2) is 11.6 Å². The zero-order valence-electron chi connectivity index (χ0n) is 22.0. The molecule has 0 spiro atoms. The van der Waals surface area contributed by atoms with Gasteiger partial charge in [-0.25, -0.2) is 0 Å². The lowest BCUT2D eigenvalue weighted by Crippen LogP contribution is -2.67. The summed E-state index contributed by atoms with van der Waals surface area (Å²) in [6.07, 6.45) is -0.296. The van der Waals surface area contributed by atoms with Crippen molar-refractivity contribution in [1.82, 2.24) is 0 Å². The Balaban J connectivity index is 2.00. The van der Waals surface area contributed by atoms with Crippen LogP contribution in [0.2, 0.25) is 0 Å². The van der Waals surface area contributed by atoms with Gasteiger partial charge in [0.15, 0.2) is 11.4 Å². The van der Waals surface area contributed by atoms with Gasteiger partial charge in [0.2, 0.25) is 0 Å². The second-order valence-electron chi connectivity index (χ2n) is 11.9. The summed E-state index contributed by atoms with van der Waals surface area (Å²) in [5.74, 6) is -6.80. The molecular formula is C26H35ClO10. The number of aliphatic hydroxyl groups is 3. The normalized spacial score (nSPS) is 47.4. The number of hydrogen-bond acceptors (Lipinski definition) is 10. The summed E-state index contributed by atoms with van der Waals surface area (Å²) in [6.45, 7) is 9.57. The smallest absolute Gasteiger partial charge is 0.303 e. The molecular weight excluding hydrogens is 508 g/mol. The van der Waals surface area contributed by atoms with E-state index < -0.39 is 99.7 Å². The highest BCUT2D eigenvalue weighted by atomic mass is 35.5. The average Bonchev–Trinajstić information content (AvgIpc) is 3.16. The van der Waals surface area contributed by atoms with E-state index in [0.29, 0.717) is 0 Å². The summed E-state index contributed by atoms with van der Waals surface area (Å²) in [5.41, 5.74) is -8.55. The molecule has 0 heterocycles. The molecule has 0 aromatic rings. The summed E-state index contributed by atoms with van der Waals surface area (Å²) in [6, 6.07) is 0. The predicted octanol–water partition coefficient (Wildman–Crippen LogP) is 1.05. The second-order valence-corrected chi connectivity index (χ2v) is 12.3. The molecule has 0 aromatic heterocycles. The summed E-state index contributed by atoms with van der Waals surface area (Å²) in [7, 11) is 0. The van der Waals surface area contributed by atoms with Crippen molar-refractivity contribution in [2.75, 3.05) is 6.61 Å². The van der Waals surface area contributed by atoms with Crippen molar-refractivity contribution in [3.8, 4) is 0 Å². The molecule has 0 amide bonds. The van der Waals surface area contributed by atoms with Crippen LogP contribution in [-0.2, 0) is 33.4 Å². The summed E-state index contributed by atoms with van der Waals surface area (Å²) in [5, 5.41) is 35.0. The number of rotatable bonds is 4. The maximum absolute atomic E-state index is 13.3. The number of hydrogen-bond donors (Lipinski definition) is 3. The third kappa shape index (κ3) is 3.48. The van der Waals surface area contributed by atoms with Crippen molar-refractivity contribution >= 4 is 35.3 Å². The van der Waals surface area contributed by atoms with Gasteiger partial charge in [0.1, 0.15) is 23.9 Å². The lowest BCUT2D eigenvalue weighted by atomic mass is 9.58. The van der Waals surface area contributed by atoms with Crippen LogP contribution in [0.5, 0.6) is 0 Å². The van der Waals surface area contributed by atoms with Gasteiger partial charge in [-0.1, -0.05) is 26.8 Å². The zero-order valence-corrected chi connectivity index (χ0v) is 22.8. The molecule has 206 valence electrons. The number of carbonyl (C=O) groups is 4. The van der Waals surface area contributed by atoms with Crippen molar-refractivity contribution in [2.24, 2.45) is 29.1 Å². The second kappa shape index (κ2) is 8.24. The molecule has 3 saturated carbocycles. The third-order valence-corrected chi connectivity index (χ3v) is 10.1. The highest BCUT2D eigenvalue weighted by Crippen LogP contribution is 2.78. The van der Waals surface area contributed by atoms with Gasteiger partial charge in [-0.05, 0) is 12.5 Å². The maximum atomic E-state index is 13.3. The van der Waals surface area contributed by atoms with Crippen molar-refractivity contribution in [2.45, 2.75) is 88.8 Å². The molecule has 3 N–H and O–H groups in total. The quantitative estimate of drug-likeness (QED) is 0.266. The van der Waals surface area contributed by atoms with Gasteiger partial charge in [-0.2, -0.15) is 0 Å². The largest absolute Gasteiger partial charge is 0.463 e. The average molecular weight is 543 g/mol. The van der Waals surface area contributed by atoms with Gasteiger partial charge in [0.25, 0.3) is 0 Å². The van der Waals surface area contributed by atoms with E-state index in [2.05, 4.69) is 0 Å². The standard InChI is InChI=1S/C26H35ClO10/c1-11-8-16-24(33,20(11)31)9-23(32,10-35-13(3)28)19(27)17-18-22(6,7)26(18,37-15(5)30)21(36-14(4)29)12(2)25(16,17)34/h8,12,16-19,21,32-34H,9-10H2,1-7H3. The van der Waals surface area contributed by atoms with Gasteiger partial charge in [0, 0.05) is 56.3 Å². The fraction of sp³-hybridized carbons (Fsp3) is 0.769. The van der Waals surface area contributed by atoms with Crippen LogP contribution in [0, 0.1) is 29.1 Å². The SMILES string of the molecule is CC(=O)OCC1(O)CC2(O)C(=O)C(C)=CC2C2(O)C(C)C(OC(C)=O)C3(OC(C)=O)C(C2C1Cl)C3(C)C. The lowest BCUT2D eigenvalue weighted by molar-refractivity contribution is -0.232. The first kappa shape index (κ1) is 28.0. The molecule has 0 aromatic carbocycles. The van der Waals surface area contributed by atoms with Crippen LogP contribution in [-0.4, -0.2) is 79.5 Å². The monoisotopic (exact) mass is 542 g/mol. The van der Waals surface area contributed by atoms with E-state index in [1.54, 1.807) is 20.8 Å². The molecule has 0 radical (unpaired) electrons. The van der Waals surface area contributed by atoms with E-state index in [4.69, 9.17) is 25.8 Å². The Bertz CT molecular complexity index is 1100. The van der Waals surface area contributed by atoms with E-state index in [0.717, 1.165) is 6.92 Å². The van der Waals surface area contributed by atoms with E-state index in [1.165, 1.54) is 26.8 Å². The Morgan fingerprint density at radius 3 is 2.19 bits per heavy atom. The number of Topliss-reactive ketones (excluding diaryl/α,β-unsaturated/α-hetero) is 1. The van der Waals surface area contributed by atoms with Crippen LogP contribution in [0.25, 0.3) is 0 Å². The van der Waals surface area contributed by atoms with E-state index in [-0.39, 0.29) is 5.57 Å². The molecule has 10 nitrogen and oxygen atoms in total. The topological polar surface area (TPSA) is 157 Å². The Morgan fingerprint density at radius 2 is 1.68 bits per heavy atom. The van der Waals surface area contributed by atoms with Gasteiger partial charge >= 0.3 is 17.9 Å². The number of ketones is 1. The molecule has 4 aliphatic rings. The first-order valence-corrected chi connectivity index (χ1v) is 12.8. The Hall–Kier alpha value is -2.01. The molecule has 3 fully saturated rings. The summed E-state index contributed by atoms with van der Waals surface area (Å²) < 4.78 is 16.7. The van der Waals surface area contributed by atoms with Crippen LogP contribution in [0.4, 0.5) is 0 Å². The summed E-state index contributed by atoms with van der Waals surface area (Å²) in [4.78, 5) is 49.5. The van der Waals surface area contributed by atoms with Gasteiger partial charge in [-0.3, -0.25) is 19.2 Å². The highest BCUT2D eigenvalue weighted by Gasteiger charge is 2.89. The molecule has 0 bridgehead atoms. The minimum Gasteiger partial charge on any atom is -0.463 e. The Kier molecular flexibility index (Phi) is 6.24. The number of ether oxygens (including phenoxy) is 3. The lowest BCUT2D eigenvalue weighted by Gasteiger charge is -2.54. The van der Waals surface area contributed by atoms with Crippen molar-refractivity contribution in [1.29, 1.82) is 0 Å². The number of halogens is 1. The number of esters is 3. The van der Waals surface area contributed by atoms with Crippen LogP contribution < -0.4 is 0 Å². The Labute approximate surface area is 220 Å². The van der Waals surface area contributed by atoms with Crippen molar-refractivity contribution in [3.63, 3.8) is 0 Å². The van der Waals surface area contributed by atoms with Gasteiger partial charge in [0.05, 0.1) is 11.0 Å². The molecule has 11 heteroatoms. The van der Waals surface area contributed by atoms with Crippen LogP contribution in [0.3, 0.4) is 0 Å². The van der Waals surface area contributed by atoms with Gasteiger partial charge < -0.3 is 29.5 Å². The number of carbonyl (C=O) groups excluding carboxylic acids is 4. The molecule has 10 atom stereocenters. The van der Waals surface area contributed by atoms with Crippen LogP contribution >= 0.6 is 11.6 Å². The van der Waals surface area contributed by atoms with Gasteiger partial charge in [-0.15, -0.1) is 11.6 Å². The van der Waals surface area contributed by atoms with E-state index in [1.807, 2.05) is 0 Å². The molecule has 37 heavy (non-hydrogen) atoms. The molecule has 4 aliphatic carbocycles. The molecule has 0 aliphatic heterocycles. The molecule has 10 unspecified atom stereocenters. The first-order chi connectivity index (χ1) is 16.8. The van der Waals surface area contributed by atoms with E-state index >= 15 is 0 Å². The maximum Gasteiger partial charge on any atom is 0.303 e. The third-order valence-electron chi connectivity index (χ3n) is 9.38. The fourth-order valence-corrected chi connectivity index (χ4v) is 8.39. The minimum absolute atomic E-state index is 0.186. The zero-order chi connectivity index (χ0) is 28.1. The molecule has 4 rings (SSSR count). The predicted molar refractivity (Wildman–Crippen MR) is 128 cm³/mol. The highest BCUT2D eigenvalue weighted by molar-refractivity contribution is 6.22.